The summed E-state index contributed by atoms with van der Waals surface area (Å²) in [4.78, 5) is 13.8. The second-order valence-corrected chi connectivity index (χ2v) is 8.56. The van der Waals surface area contributed by atoms with Crippen LogP contribution in [0.2, 0.25) is 10.0 Å². The van der Waals surface area contributed by atoms with Crippen LogP contribution in [0.3, 0.4) is 0 Å². The molecule has 8 heteroatoms. The van der Waals surface area contributed by atoms with Crippen molar-refractivity contribution >= 4 is 40.1 Å². The Bertz CT molecular complexity index is 1190. The highest BCUT2D eigenvalue weighted by Crippen LogP contribution is 2.26. The summed E-state index contributed by atoms with van der Waals surface area (Å²) >= 11 is 12.4. The SMILES string of the molecule is Clc1ccc(CN2CCN(c3ncnc4c3cnn4Cc3ccccc3)CC2)c(Cl)c1. The Labute approximate surface area is 191 Å². The molecule has 4 aromatic rings. The first-order valence-corrected chi connectivity index (χ1v) is 11.0. The van der Waals surface area contributed by atoms with Gasteiger partial charge in [-0.2, -0.15) is 5.10 Å². The molecule has 0 amide bonds. The molecule has 31 heavy (non-hydrogen) atoms. The van der Waals surface area contributed by atoms with E-state index in [2.05, 4.69) is 37.0 Å². The maximum absolute atomic E-state index is 6.35. The predicted octanol–water partition coefficient (Wildman–Crippen LogP) is 4.50. The van der Waals surface area contributed by atoms with E-state index in [4.69, 9.17) is 23.2 Å². The van der Waals surface area contributed by atoms with Crippen molar-refractivity contribution in [3.8, 4) is 0 Å². The monoisotopic (exact) mass is 452 g/mol. The molecule has 2 aromatic carbocycles. The highest BCUT2D eigenvalue weighted by atomic mass is 35.5. The van der Waals surface area contributed by atoms with Gasteiger partial charge in [-0.25, -0.2) is 14.6 Å². The van der Waals surface area contributed by atoms with E-state index in [9.17, 15) is 0 Å². The van der Waals surface area contributed by atoms with Crippen LogP contribution >= 0.6 is 23.2 Å². The molecule has 0 saturated carbocycles. The first-order chi connectivity index (χ1) is 15.2. The van der Waals surface area contributed by atoms with Crippen LogP contribution in [-0.2, 0) is 13.1 Å². The number of rotatable bonds is 5. The van der Waals surface area contributed by atoms with E-state index in [0.29, 0.717) is 11.6 Å². The third-order valence-electron chi connectivity index (χ3n) is 5.67. The van der Waals surface area contributed by atoms with Gasteiger partial charge < -0.3 is 4.90 Å². The van der Waals surface area contributed by atoms with Gasteiger partial charge in [-0.1, -0.05) is 59.6 Å². The number of benzene rings is 2. The lowest BCUT2D eigenvalue weighted by Crippen LogP contribution is -2.46. The summed E-state index contributed by atoms with van der Waals surface area (Å²) in [6.07, 6.45) is 3.52. The van der Waals surface area contributed by atoms with E-state index >= 15 is 0 Å². The molecule has 0 unspecified atom stereocenters. The lowest BCUT2D eigenvalue weighted by Gasteiger charge is -2.35. The molecule has 0 atom stereocenters. The lowest BCUT2D eigenvalue weighted by molar-refractivity contribution is 0.249. The minimum atomic E-state index is 0.666. The van der Waals surface area contributed by atoms with Crippen molar-refractivity contribution < 1.29 is 0 Å². The summed E-state index contributed by atoms with van der Waals surface area (Å²) in [5, 5.41) is 6.96. The Kier molecular flexibility index (Phi) is 5.76. The minimum absolute atomic E-state index is 0.666. The normalized spacial score (nSPS) is 15.0. The first-order valence-electron chi connectivity index (χ1n) is 10.3. The maximum Gasteiger partial charge on any atom is 0.163 e. The first kappa shape index (κ1) is 20.2. The van der Waals surface area contributed by atoms with Crippen molar-refractivity contribution in [3.63, 3.8) is 0 Å². The summed E-state index contributed by atoms with van der Waals surface area (Å²) in [5.41, 5.74) is 3.16. The standard InChI is InChI=1S/C23H22Cl2N6/c24-19-7-6-18(21(25)12-19)15-29-8-10-30(11-9-29)22-20-13-28-31(23(20)27-16-26-22)14-17-4-2-1-3-5-17/h1-7,12-13,16H,8-11,14-15H2. The molecule has 1 aliphatic rings. The number of anilines is 1. The van der Waals surface area contributed by atoms with Gasteiger partial charge in [0.1, 0.15) is 12.1 Å². The zero-order valence-electron chi connectivity index (χ0n) is 17.0. The van der Waals surface area contributed by atoms with Crippen molar-refractivity contribution in [1.29, 1.82) is 0 Å². The van der Waals surface area contributed by atoms with Gasteiger partial charge in [0.2, 0.25) is 0 Å². The Morgan fingerprint density at radius 2 is 1.68 bits per heavy atom. The van der Waals surface area contributed by atoms with Crippen LogP contribution in [0.5, 0.6) is 0 Å². The highest BCUT2D eigenvalue weighted by molar-refractivity contribution is 6.35. The van der Waals surface area contributed by atoms with Crippen molar-refractivity contribution in [2.45, 2.75) is 13.1 Å². The molecule has 1 fully saturated rings. The van der Waals surface area contributed by atoms with Gasteiger partial charge in [0.25, 0.3) is 0 Å². The van der Waals surface area contributed by atoms with E-state index in [1.807, 2.05) is 41.2 Å². The largest absolute Gasteiger partial charge is 0.353 e. The van der Waals surface area contributed by atoms with Crippen LogP contribution in [0.25, 0.3) is 11.0 Å². The van der Waals surface area contributed by atoms with Crippen molar-refractivity contribution in [3.05, 3.63) is 82.2 Å². The van der Waals surface area contributed by atoms with Gasteiger partial charge in [0.05, 0.1) is 18.1 Å². The molecule has 2 aromatic heterocycles. The van der Waals surface area contributed by atoms with Crippen molar-refractivity contribution in [2.75, 3.05) is 31.1 Å². The fourth-order valence-corrected chi connectivity index (χ4v) is 4.48. The molecule has 0 radical (unpaired) electrons. The van der Waals surface area contributed by atoms with E-state index < -0.39 is 0 Å². The lowest BCUT2D eigenvalue weighted by atomic mass is 10.2. The fourth-order valence-electron chi connectivity index (χ4n) is 4.01. The van der Waals surface area contributed by atoms with Crippen LogP contribution in [0, 0.1) is 0 Å². The number of piperazine rings is 1. The molecule has 0 bridgehead atoms. The van der Waals surface area contributed by atoms with E-state index in [1.165, 1.54) is 5.56 Å². The third kappa shape index (κ3) is 4.37. The molecule has 3 heterocycles. The second kappa shape index (κ2) is 8.83. The molecule has 0 aliphatic carbocycles. The van der Waals surface area contributed by atoms with Crippen LogP contribution < -0.4 is 4.90 Å². The Morgan fingerprint density at radius 3 is 2.45 bits per heavy atom. The number of fused-ring (bicyclic) bond motifs is 1. The van der Waals surface area contributed by atoms with Gasteiger partial charge in [-0.15, -0.1) is 0 Å². The van der Waals surface area contributed by atoms with Crippen molar-refractivity contribution in [2.24, 2.45) is 0 Å². The quantitative estimate of drug-likeness (QED) is 0.445. The predicted molar refractivity (Wildman–Crippen MR) is 125 cm³/mol. The molecule has 1 aliphatic heterocycles. The number of hydrogen-bond donors (Lipinski definition) is 0. The number of hydrogen-bond acceptors (Lipinski definition) is 5. The molecule has 0 spiro atoms. The summed E-state index contributed by atoms with van der Waals surface area (Å²) in [5.74, 6) is 0.952. The molecule has 0 N–H and O–H groups in total. The molecule has 1 saturated heterocycles. The van der Waals surface area contributed by atoms with Gasteiger partial charge in [0.15, 0.2) is 5.65 Å². The van der Waals surface area contributed by atoms with E-state index in [-0.39, 0.29) is 0 Å². The van der Waals surface area contributed by atoms with Crippen LogP contribution in [0.15, 0.2) is 61.1 Å². The van der Waals surface area contributed by atoms with Gasteiger partial charge in [-0.3, -0.25) is 4.90 Å². The second-order valence-electron chi connectivity index (χ2n) is 7.72. The summed E-state index contributed by atoms with van der Waals surface area (Å²) < 4.78 is 1.94. The van der Waals surface area contributed by atoms with Gasteiger partial charge >= 0.3 is 0 Å². The Morgan fingerprint density at radius 1 is 0.871 bits per heavy atom. The smallest absolute Gasteiger partial charge is 0.163 e. The third-order valence-corrected chi connectivity index (χ3v) is 6.26. The average molecular weight is 453 g/mol. The molecule has 158 valence electrons. The maximum atomic E-state index is 6.35. The van der Waals surface area contributed by atoms with Crippen LogP contribution in [0.4, 0.5) is 5.82 Å². The number of halogens is 2. The highest BCUT2D eigenvalue weighted by Gasteiger charge is 2.22. The van der Waals surface area contributed by atoms with E-state index in [1.54, 1.807) is 12.4 Å². The summed E-state index contributed by atoms with van der Waals surface area (Å²) in [7, 11) is 0. The van der Waals surface area contributed by atoms with Crippen LogP contribution in [0.1, 0.15) is 11.1 Å². The summed E-state index contributed by atoms with van der Waals surface area (Å²) in [6.45, 7) is 5.15. The number of nitrogens with zero attached hydrogens (tertiary/aromatic N) is 6. The summed E-state index contributed by atoms with van der Waals surface area (Å²) in [6, 6.07) is 16.0. The number of aromatic nitrogens is 4. The van der Waals surface area contributed by atoms with E-state index in [0.717, 1.165) is 60.2 Å². The van der Waals surface area contributed by atoms with Crippen molar-refractivity contribution in [1.82, 2.24) is 24.6 Å². The van der Waals surface area contributed by atoms with Crippen LogP contribution in [-0.4, -0.2) is 50.8 Å². The fraction of sp³-hybridized carbons (Fsp3) is 0.261. The van der Waals surface area contributed by atoms with Gasteiger partial charge in [-0.05, 0) is 23.3 Å². The zero-order chi connectivity index (χ0) is 21.2. The average Bonchev–Trinajstić information content (AvgIpc) is 3.20. The molecular formula is C23H22Cl2N6. The Hall–Kier alpha value is -2.67. The van der Waals surface area contributed by atoms with Gasteiger partial charge in [0, 0.05) is 42.8 Å². The molecule has 5 rings (SSSR count). The molecule has 6 nitrogen and oxygen atoms in total. The minimum Gasteiger partial charge on any atom is -0.353 e. The topological polar surface area (TPSA) is 50.1 Å². The molecular weight excluding hydrogens is 431 g/mol. The Balaban J connectivity index is 1.29. The zero-order valence-corrected chi connectivity index (χ0v) is 18.5.